The molecule has 1 saturated heterocycles. The normalized spacial score (nSPS) is 16.7. The SMILES string of the molecule is Cc1ccc(N2C(=O)[C@H](CC(=O)Nc3cccc(F)c3)N(CC(C)C)C2=O)cc1. The number of imide groups is 1. The fourth-order valence-electron chi connectivity index (χ4n) is 3.32. The summed E-state index contributed by atoms with van der Waals surface area (Å²) in [5.41, 5.74) is 1.79. The van der Waals surface area contributed by atoms with Gasteiger partial charge in [0.05, 0.1) is 12.1 Å². The first-order valence-electron chi connectivity index (χ1n) is 9.53. The number of carbonyl (C=O) groups excluding carboxylic acids is 3. The summed E-state index contributed by atoms with van der Waals surface area (Å²) in [6.45, 7) is 6.15. The lowest BCUT2D eigenvalue weighted by atomic mass is 10.1. The summed E-state index contributed by atoms with van der Waals surface area (Å²) < 4.78 is 13.3. The number of hydrogen-bond acceptors (Lipinski definition) is 3. The molecule has 0 aliphatic carbocycles. The van der Waals surface area contributed by atoms with Crippen molar-refractivity contribution in [3.8, 4) is 0 Å². The number of halogens is 1. The molecule has 1 aliphatic rings. The third-order valence-corrected chi connectivity index (χ3v) is 4.66. The molecule has 1 heterocycles. The third kappa shape index (κ3) is 4.62. The van der Waals surface area contributed by atoms with Crippen LogP contribution in [0, 0.1) is 18.7 Å². The average Bonchev–Trinajstić information content (AvgIpc) is 2.86. The highest BCUT2D eigenvalue weighted by Crippen LogP contribution is 2.28. The summed E-state index contributed by atoms with van der Waals surface area (Å²) in [7, 11) is 0. The van der Waals surface area contributed by atoms with Crippen molar-refractivity contribution in [1.82, 2.24) is 4.90 Å². The molecule has 2 aromatic rings. The van der Waals surface area contributed by atoms with E-state index in [9.17, 15) is 18.8 Å². The summed E-state index contributed by atoms with van der Waals surface area (Å²) in [5, 5.41) is 2.59. The van der Waals surface area contributed by atoms with Gasteiger partial charge in [-0.05, 0) is 43.2 Å². The Kier molecular flexibility index (Phi) is 5.96. The number of rotatable bonds is 6. The quantitative estimate of drug-likeness (QED) is 0.750. The lowest BCUT2D eigenvalue weighted by Crippen LogP contribution is -2.40. The predicted octanol–water partition coefficient (Wildman–Crippen LogP) is 3.96. The van der Waals surface area contributed by atoms with E-state index in [2.05, 4.69) is 5.32 Å². The number of urea groups is 1. The van der Waals surface area contributed by atoms with Crippen molar-refractivity contribution < 1.29 is 18.8 Å². The van der Waals surface area contributed by atoms with Crippen LogP contribution in [-0.2, 0) is 9.59 Å². The fourth-order valence-corrected chi connectivity index (χ4v) is 3.32. The zero-order valence-electron chi connectivity index (χ0n) is 16.7. The average molecular weight is 397 g/mol. The second-order valence-corrected chi connectivity index (χ2v) is 7.62. The van der Waals surface area contributed by atoms with Crippen LogP contribution in [0.1, 0.15) is 25.8 Å². The Morgan fingerprint density at radius 1 is 1.14 bits per heavy atom. The molecular weight excluding hydrogens is 373 g/mol. The number of carbonyl (C=O) groups is 3. The Morgan fingerprint density at radius 3 is 2.45 bits per heavy atom. The molecule has 0 bridgehead atoms. The Morgan fingerprint density at radius 2 is 1.83 bits per heavy atom. The fraction of sp³-hybridized carbons (Fsp3) is 0.318. The van der Waals surface area contributed by atoms with Gasteiger partial charge >= 0.3 is 6.03 Å². The van der Waals surface area contributed by atoms with Gasteiger partial charge in [-0.1, -0.05) is 37.6 Å². The highest BCUT2D eigenvalue weighted by Gasteiger charge is 2.46. The summed E-state index contributed by atoms with van der Waals surface area (Å²) in [6.07, 6.45) is -0.198. The number of hydrogen-bond donors (Lipinski definition) is 1. The molecule has 1 fully saturated rings. The summed E-state index contributed by atoms with van der Waals surface area (Å²) in [5.74, 6) is -1.24. The maximum atomic E-state index is 13.3. The van der Waals surface area contributed by atoms with Gasteiger partial charge in [0.25, 0.3) is 5.91 Å². The first-order chi connectivity index (χ1) is 13.8. The topological polar surface area (TPSA) is 69.7 Å². The van der Waals surface area contributed by atoms with E-state index < -0.39 is 29.7 Å². The predicted molar refractivity (Wildman–Crippen MR) is 109 cm³/mol. The maximum absolute atomic E-state index is 13.3. The van der Waals surface area contributed by atoms with E-state index in [1.165, 1.54) is 23.1 Å². The van der Waals surface area contributed by atoms with E-state index in [4.69, 9.17) is 0 Å². The molecule has 2 aromatic carbocycles. The molecule has 152 valence electrons. The largest absolute Gasteiger partial charge is 0.332 e. The van der Waals surface area contributed by atoms with Gasteiger partial charge in [0, 0.05) is 12.2 Å². The molecule has 0 aromatic heterocycles. The molecule has 0 unspecified atom stereocenters. The summed E-state index contributed by atoms with van der Waals surface area (Å²) in [6, 6.07) is 11.3. The second kappa shape index (κ2) is 8.43. The van der Waals surface area contributed by atoms with E-state index in [0.717, 1.165) is 10.5 Å². The van der Waals surface area contributed by atoms with Gasteiger partial charge in [-0.2, -0.15) is 0 Å². The van der Waals surface area contributed by atoms with Crippen molar-refractivity contribution in [3.63, 3.8) is 0 Å². The van der Waals surface area contributed by atoms with Crippen LogP contribution in [0.3, 0.4) is 0 Å². The zero-order chi connectivity index (χ0) is 21.1. The van der Waals surface area contributed by atoms with Gasteiger partial charge < -0.3 is 10.2 Å². The van der Waals surface area contributed by atoms with E-state index >= 15 is 0 Å². The molecule has 7 heteroatoms. The smallest absolute Gasteiger partial charge is 0.326 e. The minimum atomic E-state index is -0.903. The number of benzene rings is 2. The standard InChI is InChI=1S/C22H24FN3O3/c1-14(2)13-25-19(12-20(27)24-17-6-4-5-16(23)11-17)21(28)26(22(25)29)18-9-7-15(3)8-10-18/h4-11,14,19H,12-13H2,1-3H3,(H,24,27)/t19-/m0/s1. The van der Waals surface area contributed by atoms with Crippen LogP contribution in [0.15, 0.2) is 48.5 Å². The van der Waals surface area contributed by atoms with Crippen molar-refractivity contribution in [3.05, 3.63) is 59.9 Å². The first kappa shape index (κ1) is 20.5. The Balaban J connectivity index is 1.82. The molecule has 6 nitrogen and oxygen atoms in total. The van der Waals surface area contributed by atoms with E-state index in [0.29, 0.717) is 17.9 Å². The molecule has 1 N–H and O–H groups in total. The van der Waals surface area contributed by atoms with Crippen molar-refractivity contribution in [1.29, 1.82) is 0 Å². The van der Waals surface area contributed by atoms with Crippen molar-refractivity contribution in [2.24, 2.45) is 5.92 Å². The van der Waals surface area contributed by atoms with Crippen LogP contribution >= 0.6 is 0 Å². The molecule has 3 rings (SSSR count). The van der Waals surface area contributed by atoms with Crippen molar-refractivity contribution >= 4 is 29.2 Å². The van der Waals surface area contributed by atoms with Crippen LogP contribution in [0.4, 0.5) is 20.6 Å². The number of nitrogens with one attached hydrogen (secondary N) is 1. The van der Waals surface area contributed by atoms with Gasteiger partial charge in [-0.15, -0.1) is 0 Å². The van der Waals surface area contributed by atoms with Gasteiger partial charge in [0.2, 0.25) is 5.91 Å². The summed E-state index contributed by atoms with van der Waals surface area (Å²) >= 11 is 0. The third-order valence-electron chi connectivity index (χ3n) is 4.66. The van der Waals surface area contributed by atoms with Crippen LogP contribution in [0.5, 0.6) is 0 Å². The van der Waals surface area contributed by atoms with Gasteiger partial charge in [0.1, 0.15) is 11.9 Å². The van der Waals surface area contributed by atoms with E-state index in [1.807, 2.05) is 32.9 Å². The minimum absolute atomic E-state index is 0.124. The van der Waals surface area contributed by atoms with Gasteiger partial charge in [-0.25, -0.2) is 14.1 Å². The Bertz CT molecular complexity index is 927. The molecule has 29 heavy (non-hydrogen) atoms. The molecule has 0 saturated carbocycles. The van der Waals surface area contributed by atoms with Crippen LogP contribution in [0.2, 0.25) is 0 Å². The first-order valence-corrected chi connectivity index (χ1v) is 9.53. The number of nitrogens with zero attached hydrogens (tertiary/aromatic N) is 2. The number of anilines is 2. The second-order valence-electron chi connectivity index (χ2n) is 7.62. The molecule has 0 spiro atoms. The highest BCUT2D eigenvalue weighted by molar-refractivity contribution is 6.22. The minimum Gasteiger partial charge on any atom is -0.326 e. The van der Waals surface area contributed by atoms with Crippen LogP contribution in [-0.4, -0.2) is 35.3 Å². The molecule has 0 radical (unpaired) electrons. The van der Waals surface area contributed by atoms with Crippen molar-refractivity contribution in [2.75, 3.05) is 16.8 Å². The monoisotopic (exact) mass is 397 g/mol. The number of amides is 4. The summed E-state index contributed by atoms with van der Waals surface area (Å²) in [4.78, 5) is 41.1. The Labute approximate surface area is 169 Å². The van der Waals surface area contributed by atoms with Gasteiger partial charge in [0.15, 0.2) is 0 Å². The number of aryl methyl sites for hydroxylation is 1. The lowest BCUT2D eigenvalue weighted by molar-refractivity contribution is -0.124. The molecule has 1 atom stereocenters. The molecule has 1 aliphatic heterocycles. The maximum Gasteiger partial charge on any atom is 0.332 e. The highest BCUT2D eigenvalue weighted by atomic mass is 19.1. The van der Waals surface area contributed by atoms with Gasteiger partial charge in [-0.3, -0.25) is 9.59 Å². The zero-order valence-corrected chi connectivity index (χ0v) is 16.7. The van der Waals surface area contributed by atoms with E-state index in [1.54, 1.807) is 18.2 Å². The van der Waals surface area contributed by atoms with Crippen LogP contribution < -0.4 is 10.2 Å². The van der Waals surface area contributed by atoms with Crippen molar-refractivity contribution in [2.45, 2.75) is 33.2 Å². The van der Waals surface area contributed by atoms with Crippen LogP contribution in [0.25, 0.3) is 0 Å². The van der Waals surface area contributed by atoms with E-state index in [-0.39, 0.29) is 12.3 Å². The Hall–Kier alpha value is -3.22. The molecular formula is C22H24FN3O3. The lowest BCUT2D eigenvalue weighted by Gasteiger charge is -2.23. The molecule has 4 amide bonds.